The van der Waals surface area contributed by atoms with Crippen LogP contribution in [0.2, 0.25) is 0 Å². The fraction of sp³-hybridized carbons (Fsp3) is 0.818. The molecule has 1 fully saturated rings. The Morgan fingerprint density at radius 2 is 2.29 bits per heavy atom. The Hall–Kier alpha value is 0.230. The standard InChI is InChI=1S/C11H17IO2/c1-7-8(13)3-4-10-11(2,12-10)6-5-9(7)14/h3,7,9-10,14H,4-6H2,1-2H3/p+1/b8-3-/t7?,9?,10-,11?/m0/s1. The summed E-state index contributed by atoms with van der Waals surface area (Å²) >= 11 is 0.319. The van der Waals surface area contributed by atoms with Crippen LogP contribution in [-0.2, 0) is 0 Å². The summed E-state index contributed by atoms with van der Waals surface area (Å²) in [4.78, 5) is 0. The highest BCUT2D eigenvalue weighted by molar-refractivity contribution is 5.05. The molecule has 0 amide bonds. The third-order valence-electron chi connectivity index (χ3n) is 3.49. The first-order valence-corrected chi connectivity index (χ1v) is 7.57. The molecular formula is C11H18IO2+. The molecule has 0 spiro atoms. The first-order chi connectivity index (χ1) is 6.53. The van der Waals surface area contributed by atoms with Crippen LogP contribution < -0.4 is 21.2 Å². The lowest BCUT2D eigenvalue weighted by Gasteiger charge is -2.17. The van der Waals surface area contributed by atoms with Crippen LogP contribution in [0.5, 0.6) is 0 Å². The molecule has 1 saturated heterocycles. The molecule has 2 rings (SSSR count). The second kappa shape index (κ2) is 3.67. The summed E-state index contributed by atoms with van der Waals surface area (Å²) in [5.41, 5.74) is 0. The van der Waals surface area contributed by atoms with Gasteiger partial charge in [-0.05, 0) is 19.4 Å². The quantitative estimate of drug-likeness (QED) is 0.438. The number of aliphatic hydroxyl groups is 2. The van der Waals surface area contributed by atoms with E-state index in [2.05, 4.69) is 6.92 Å². The van der Waals surface area contributed by atoms with E-state index in [0.717, 1.165) is 23.2 Å². The lowest BCUT2D eigenvalue weighted by atomic mass is 9.95. The number of halogens is 1. The van der Waals surface area contributed by atoms with Crippen molar-refractivity contribution in [2.24, 2.45) is 5.92 Å². The summed E-state index contributed by atoms with van der Waals surface area (Å²) in [6.45, 7) is 4.25. The third-order valence-corrected chi connectivity index (χ3v) is 8.17. The minimum Gasteiger partial charge on any atom is -0.512 e. The molecule has 0 saturated carbocycles. The van der Waals surface area contributed by atoms with E-state index in [1.165, 1.54) is 0 Å². The lowest BCUT2D eigenvalue weighted by Crippen LogP contribution is -3.51. The summed E-state index contributed by atoms with van der Waals surface area (Å²) < 4.78 is 1.40. The molecule has 2 nitrogen and oxygen atoms in total. The van der Waals surface area contributed by atoms with Gasteiger partial charge in [-0.1, -0.05) is 6.92 Å². The Balaban J connectivity index is 2.11. The Bertz CT molecular complexity index is 264. The van der Waals surface area contributed by atoms with Gasteiger partial charge in [0.05, 0.1) is 11.9 Å². The molecule has 14 heavy (non-hydrogen) atoms. The fourth-order valence-corrected chi connectivity index (χ4v) is 5.29. The van der Waals surface area contributed by atoms with Crippen molar-refractivity contribution in [2.45, 2.75) is 46.6 Å². The van der Waals surface area contributed by atoms with E-state index in [1.807, 2.05) is 13.0 Å². The normalized spacial score (nSPS) is 51.9. The molecule has 0 aromatic heterocycles. The van der Waals surface area contributed by atoms with Crippen LogP contribution in [0, 0.1) is 5.92 Å². The van der Waals surface area contributed by atoms with Crippen molar-refractivity contribution in [1.82, 2.24) is 0 Å². The molecule has 0 aromatic carbocycles. The van der Waals surface area contributed by atoms with Crippen molar-refractivity contribution in [3.63, 3.8) is 0 Å². The first kappa shape index (κ1) is 10.7. The van der Waals surface area contributed by atoms with Gasteiger partial charge in [-0.15, -0.1) is 0 Å². The van der Waals surface area contributed by atoms with Gasteiger partial charge in [-0.25, -0.2) is 0 Å². The molecule has 0 aromatic rings. The predicted molar refractivity (Wildman–Crippen MR) is 51.9 cm³/mol. The largest absolute Gasteiger partial charge is 0.512 e. The average Bonchev–Trinajstić information content (AvgIpc) is 2.80. The average molecular weight is 309 g/mol. The van der Waals surface area contributed by atoms with Gasteiger partial charge in [0.1, 0.15) is 0 Å². The Morgan fingerprint density at radius 1 is 1.57 bits per heavy atom. The highest BCUT2D eigenvalue weighted by Gasteiger charge is 2.69. The zero-order valence-electron chi connectivity index (χ0n) is 8.70. The van der Waals surface area contributed by atoms with Crippen molar-refractivity contribution in [1.29, 1.82) is 0 Å². The number of fused-ring (bicyclic) bond motifs is 1. The van der Waals surface area contributed by atoms with E-state index < -0.39 is 0 Å². The van der Waals surface area contributed by atoms with E-state index in [9.17, 15) is 10.2 Å². The van der Waals surface area contributed by atoms with Crippen molar-refractivity contribution in [3.8, 4) is 0 Å². The van der Waals surface area contributed by atoms with Gasteiger partial charge in [0, 0.05) is 18.8 Å². The number of hydrogen-bond donors (Lipinski definition) is 2. The molecule has 2 N–H and O–H groups in total. The molecule has 1 aliphatic carbocycles. The van der Waals surface area contributed by atoms with Crippen LogP contribution in [0.25, 0.3) is 0 Å². The Morgan fingerprint density at radius 3 is 3.00 bits per heavy atom. The third kappa shape index (κ3) is 1.94. The van der Waals surface area contributed by atoms with Gasteiger partial charge in [-0.3, -0.25) is 0 Å². The molecule has 1 aliphatic heterocycles. The van der Waals surface area contributed by atoms with Crippen molar-refractivity contribution < 1.29 is 31.4 Å². The monoisotopic (exact) mass is 309 g/mol. The molecule has 80 valence electrons. The fourth-order valence-electron chi connectivity index (χ4n) is 2.06. The van der Waals surface area contributed by atoms with Gasteiger partial charge in [-0.2, -0.15) is 0 Å². The number of rotatable bonds is 0. The summed E-state index contributed by atoms with van der Waals surface area (Å²) in [7, 11) is 0. The number of hydrogen-bond acceptors (Lipinski definition) is 2. The van der Waals surface area contributed by atoms with Crippen molar-refractivity contribution >= 4 is 0 Å². The van der Waals surface area contributed by atoms with Crippen LogP contribution in [0.4, 0.5) is 0 Å². The summed E-state index contributed by atoms with van der Waals surface area (Å²) in [5.74, 6) is 0.326. The molecule has 3 heteroatoms. The summed E-state index contributed by atoms with van der Waals surface area (Å²) in [6, 6.07) is 0. The first-order valence-electron chi connectivity index (χ1n) is 5.24. The molecule has 3 unspecified atom stereocenters. The minimum atomic E-state index is -0.355. The van der Waals surface area contributed by atoms with Crippen LogP contribution in [0.1, 0.15) is 33.1 Å². The SMILES string of the molecule is CC1/C(O)=C/C[C@@H]2[I+]C2(C)CCC1O. The van der Waals surface area contributed by atoms with E-state index in [-0.39, 0.29) is 12.0 Å². The number of allylic oxidation sites excluding steroid dienone is 1. The molecule has 0 radical (unpaired) electrons. The number of alkyl halides is 2. The molecule has 4 atom stereocenters. The van der Waals surface area contributed by atoms with Crippen LogP contribution in [0.15, 0.2) is 11.8 Å². The van der Waals surface area contributed by atoms with Gasteiger partial charge >= 0.3 is 0 Å². The van der Waals surface area contributed by atoms with E-state index in [1.54, 1.807) is 0 Å². The highest BCUT2D eigenvalue weighted by Crippen LogP contribution is 2.26. The summed E-state index contributed by atoms with van der Waals surface area (Å²) in [6.07, 6.45) is 4.62. The topological polar surface area (TPSA) is 40.5 Å². The number of aliphatic hydroxyl groups excluding tert-OH is 2. The second-order valence-electron chi connectivity index (χ2n) is 4.61. The zero-order valence-corrected chi connectivity index (χ0v) is 10.9. The van der Waals surface area contributed by atoms with Gasteiger partial charge < -0.3 is 10.2 Å². The minimum absolute atomic E-state index is 0.0747. The second-order valence-corrected chi connectivity index (χ2v) is 9.20. The lowest BCUT2D eigenvalue weighted by molar-refractivity contribution is -0.538. The predicted octanol–water partition coefficient (Wildman–Crippen LogP) is -1.16. The smallest absolute Gasteiger partial charge is 0.289 e. The van der Waals surface area contributed by atoms with Crippen LogP contribution in [-0.4, -0.2) is 23.7 Å². The highest BCUT2D eigenvalue weighted by atomic mass is 127. The van der Waals surface area contributed by atoms with Gasteiger partial charge in [0.15, 0.2) is 0 Å². The summed E-state index contributed by atoms with van der Waals surface area (Å²) in [5, 5.41) is 19.6. The Labute approximate surface area is 95.7 Å². The molecule has 2 aliphatic rings. The van der Waals surface area contributed by atoms with Gasteiger partial charge in [0.25, 0.3) is 21.2 Å². The Kier molecular flexibility index (Phi) is 2.81. The zero-order chi connectivity index (χ0) is 10.3. The van der Waals surface area contributed by atoms with Crippen LogP contribution >= 0.6 is 0 Å². The maximum Gasteiger partial charge on any atom is 0.289 e. The van der Waals surface area contributed by atoms with E-state index in [4.69, 9.17) is 0 Å². The van der Waals surface area contributed by atoms with Crippen LogP contribution in [0.3, 0.4) is 0 Å². The van der Waals surface area contributed by atoms with Crippen molar-refractivity contribution in [2.75, 3.05) is 0 Å². The maximum atomic E-state index is 9.84. The van der Waals surface area contributed by atoms with Crippen molar-refractivity contribution in [3.05, 3.63) is 11.8 Å². The van der Waals surface area contributed by atoms with E-state index >= 15 is 0 Å². The maximum absolute atomic E-state index is 9.84. The molecular weight excluding hydrogens is 291 g/mol. The molecule has 0 bridgehead atoms. The van der Waals surface area contributed by atoms with Gasteiger partial charge in [0.2, 0.25) is 7.35 Å². The molecule has 1 heterocycles. The van der Waals surface area contributed by atoms with E-state index in [0.29, 0.717) is 30.4 Å².